The summed E-state index contributed by atoms with van der Waals surface area (Å²) in [6, 6.07) is 5.59. The number of halogens is 2. The van der Waals surface area contributed by atoms with Crippen LogP contribution < -0.4 is 5.32 Å². The summed E-state index contributed by atoms with van der Waals surface area (Å²) >= 11 is 11.7. The third-order valence-corrected chi connectivity index (χ3v) is 3.18. The topological polar surface area (TPSA) is 32.3 Å². The van der Waals surface area contributed by atoms with Crippen LogP contribution in [0.2, 0.25) is 10.0 Å². The highest BCUT2D eigenvalue weighted by molar-refractivity contribution is 6.42. The van der Waals surface area contributed by atoms with Crippen molar-refractivity contribution < 1.29 is 5.11 Å². The lowest BCUT2D eigenvalue weighted by Crippen LogP contribution is -2.19. The standard InChI is InChI=1S/C12H17Cl2NO/c1-2-10(16)5-6-15-8-9-3-4-11(13)12(14)7-9/h3-4,7,10,15-16H,2,5-6,8H2,1H3. The molecule has 0 spiro atoms. The largest absolute Gasteiger partial charge is 0.393 e. The maximum atomic E-state index is 9.36. The number of hydrogen-bond acceptors (Lipinski definition) is 2. The average Bonchev–Trinajstić information content (AvgIpc) is 2.28. The molecule has 0 amide bonds. The van der Waals surface area contributed by atoms with Gasteiger partial charge in [0, 0.05) is 6.54 Å². The molecular weight excluding hydrogens is 245 g/mol. The van der Waals surface area contributed by atoms with E-state index in [9.17, 15) is 5.11 Å². The quantitative estimate of drug-likeness (QED) is 0.771. The van der Waals surface area contributed by atoms with E-state index in [4.69, 9.17) is 23.2 Å². The summed E-state index contributed by atoms with van der Waals surface area (Å²) < 4.78 is 0. The fourth-order valence-corrected chi connectivity index (χ4v) is 1.68. The van der Waals surface area contributed by atoms with Gasteiger partial charge in [0.1, 0.15) is 0 Å². The van der Waals surface area contributed by atoms with Crippen LogP contribution in [0.3, 0.4) is 0 Å². The Balaban J connectivity index is 2.29. The third-order valence-electron chi connectivity index (χ3n) is 2.44. The molecule has 0 aliphatic carbocycles. The highest BCUT2D eigenvalue weighted by Gasteiger charge is 2.01. The summed E-state index contributed by atoms with van der Waals surface area (Å²) in [6.45, 7) is 3.52. The molecule has 1 aromatic carbocycles. The summed E-state index contributed by atoms with van der Waals surface area (Å²) in [5, 5.41) is 13.8. The van der Waals surface area contributed by atoms with Gasteiger partial charge < -0.3 is 10.4 Å². The Morgan fingerprint density at radius 2 is 2.06 bits per heavy atom. The van der Waals surface area contributed by atoms with Gasteiger partial charge in [-0.2, -0.15) is 0 Å². The second-order valence-electron chi connectivity index (χ2n) is 3.78. The Morgan fingerprint density at radius 3 is 2.69 bits per heavy atom. The Hall–Kier alpha value is -0.280. The molecule has 0 fully saturated rings. The Morgan fingerprint density at radius 1 is 1.31 bits per heavy atom. The molecule has 4 heteroatoms. The molecule has 0 aromatic heterocycles. The van der Waals surface area contributed by atoms with Crippen LogP contribution in [0.1, 0.15) is 25.3 Å². The van der Waals surface area contributed by atoms with Crippen LogP contribution in [-0.4, -0.2) is 17.8 Å². The average molecular weight is 262 g/mol. The number of benzene rings is 1. The van der Waals surface area contributed by atoms with Crippen molar-refractivity contribution >= 4 is 23.2 Å². The van der Waals surface area contributed by atoms with Crippen LogP contribution in [-0.2, 0) is 6.54 Å². The molecule has 0 bridgehead atoms. The number of aliphatic hydroxyl groups is 1. The first-order chi connectivity index (χ1) is 7.63. The lowest BCUT2D eigenvalue weighted by atomic mass is 10.2. The molecule has 0 saturated carbocycles. The number of aliphatic hydroxyl groups excluding tert-OH is 1. The lowest BCUT2D eigenvalue weighted by molar-refractivity contribution is 0.159. The summed E-state index contributed by atoms with van der Waals surface area (Å²) in [5.41, 5.74) is 1.10. The van der Waals surface area contributed by atoms with Gasteiger partial charge in [-0.1, -0.05) is 36.2 Å². The molecule has 0 heterocycles. The first-order valence-corrected chi connectivity index (χ1v) is 6.21. The van der Waals surface area contributed by atoms with Gasteiger partial charge in [0.05, 0.1) is 16.1 Å². The SMILES string of the molecule is CCC(O)CCNCc1ccc(Cl)c(Cl)c1. The van der Waals surface area contributed by atoms with Crippen molar-refractivity contribution in [3.05, 3.63) is 33.8 Å². The highest BCUT2D eigenvalue weighted by Crippen LogP contribution is 2.22. The van der Waals surface area contributed by atoms with Crippen molar-refractivity contribution in [1.82, 2.24) is 5.32 Å². The van der Waals surface area contributed by atoms with Crippen molar-refractivity contribution in [3.63, 3.8) is 0 Å². The zero-order valence-electron chi connectivity index (χ0n) is 9.34. The van der Waals surface area contributed by atoms with Crippen LogP contribution in [0.25, 0.3) is 0 Å². The van der Waals surface area contributed by atoms with E-state index in [0.717, 1.165) is 31.5 Å². The van der Waals surface area contributed by atoms with Crippen molar-refractivity contribution in [3.8, 4) is 0 Å². The smallest absolute Gasteiger partial charge is 0.0595 e. The minimum absolute atomic E-state index is 0.207. The zero-order valence-corrected chi connectivity index (χ0v) is 10.9. The van der Waals surface area contributed by atoms with Crippen molar-refractivity contribution in [2.24, 2.45) is 0 Å². The highest BCUT2D eigenvalue weighted by atomic mass is 35.5. The van der Waals surface area contributed by atoms with Gasteiger partial charge in [0.15, 0.2) is 0 Å². The molecule has 1 unspecified atom stereocenters. The minimum atomic E-state index is -0.207. The Labute approximate surface area is 107 Å². The van der Waals surface area contributed by atoms with Gasteiger partial charge in [-0.3, -0.25) is 0 Å². The molecule has 2 N–H and O–H groups in total. The molecule has 0 aliphatic heterocycles. The number of hydrogen-bond donors (Lipinski definition) is 2. The van der Waals surface area contributed by atoms with Gasteiger partial charge in [0.2, 0.25) is 0 Å². The van der Waals surface area contributed by atoms with Gasteiger partial charge in [-0.15, -0.1) is 0 Å². The van der Waals surface area contributed by atoms with Crippen LogP contribution in [0.4, 0.5) is 0 Å². The molecule has 0 saturated heterocycles. The van der Waals surface area contributed by atoms with Gasteiger partial charge >= 0.3 is 0 Å². The van der Waals surface area contributed by atoms with Gasteiger partial charge in [0.25, 0.3) is 0 Å². The molecule has 16 heavy (non-hydrogen) atoms. The summed E-state index contributed by atoms with van der Waals surface area (Å²) in [4.78, 5) is 0. The van der Waals surface area contributed by atoms with Crippen LogP contribution in [0, 0.1) is 0 Å². The maximum Gasteiger partial charge on any atom is 0.0595 e. The second kappa shape index (κ2) is 7.13. The monoisotopic (exact) mass is 261 g/mol. The van der Waals surface area contributed by atoms with Crippen LogP contribution in [0.15, 0.2) is 18.2 Å². The summed E-state index contributed by atoms with van der Waals surface area (Å²) in [5.74, 6) is 0. The van der Waals surface area contributed by atoms with Crippen LogP contribution in [0.5, 0.6) is 0 Å². The van der Waals surface area contributed by atoms with Crippen LogP contribution >= 0.6 is 23.2 Å². The van der Waals surface area contributed by atoms with E-state index in [1.807, 2.05) is 19.1 Å². The molecule has 0 radical (unpaired) electrons. The zero-order chi connectivity index (χ0) is 12.0. The molecular formula is C12H17Cl2NO. The van der Waals surface area contributed by atoms with Crippen molar-refractivity contribution in [1.29, 1.82) is 0 Å². The third kappa shape index (κ3) is 4.71. The molecule has 1 aromatic rings. The summed E-state index contributed by atoms with van der Waals surface area (Å²) in [7, 11) is 0. The first-order valence-electron chi connectivity index (χ1n) is 5.46. The molecule has 90 valence electrons. The maximum absolute atomic E-state index is 9.36. The van der Waals surface area contributed by atoms with E-state index < -0.39 is 0 Å². The molecule has 1 rings (SSSR count). The molecule has 0 aliphatic rings. The normalized spacial score (nSPS) is 12.8. The second-order valence-corrected chi connectivity index (χ2v) is 4.59. The number of rotatable bonds is 6. The van der Waals surface area contributed by atoms with E-state index in [-0.39, 0.29) is 6.10 Å². The fourth-order valence-electron chi connectivity index (χ4n) is 1.36. The van der Waals surface area contributed by atoms with Crippen molar-refractivity contribution in [2.45, 2.75) is 32.4 Å². The Kier molecular flexibility index (Phi) is 6.14. The van der Waals surface area contributed by atoms with E-state index >= 15 is 0 Å². The Bertz CT molecular complexity index is 331. The van der Waals surface area contributed by atoms with Gasteiger partial charge in [-0.25, -0.2) is 0 Å². The lowest BCUT2D eigenvalue weighted by Gasteiger charge is -2.09. The van der Waals surface area contributed by atoms with E-state index in [1.165, 1.54) is 0 Å². The van der Waals surface area contributed by atoms with E-state index in [0.29, 0.717) is 10.0 Å². The van der Waals surface area contributed by atoms with Crippen molar-refractivity contribution in [2.75, 3.05) is 6.54 Å². The van der Waals surface area contributed by atoms with Gasteiger partial charge in [-0.05, 0) is 37.1 Å². The number of nitrogens with one attached hydrogen (secondary N) is 1. The first kappa shape index (κ1) is 13.8. The van der Waals surface area contributed by atoms with E-state index in [1.54, 1.807) is 6.07 Å². The minimum Gasteiger partial charge on any atom is -0.393 e. The summed E-state index contributed by atoms with van der Waals surface area (Å²) in [6.07, 6.45) is 1.37. The molecule has 2 nitrogen and oxygen atoms in total. The van der Waals surface area contributed by atoms with E-state index in [2.05, 4.69) is 5.32 Å². The predicted octanol–water partition coefficient (Wildman–Crippen LogP) is 3.24. The predicted molar refractivity (Wildman–Crippen MR) is 69.1 cm³/mol. The molecule has 1 atom stereocenters. The fraction of sp³-hybridized carbons (Fsp3) is 0.500.